The van der Waals surface area contributed by atoms with Gasteiger partial charge in [0.25, 0.3) is 0 Å². The van der Waals surface area contributed by atoms with Crippen LogP contribution in [0.5, 0.6) is 0 Å². The van der Waals surface area contributed by atoms with E-state index < -0.39 is 0 Å². The fraction of sp³-hybridized carbons (Fsp3) is 0.812. The predicted octanol–water partition coefficient (Wildman–Crippen LogP) is 3.25. The molecule has 0 aromatic carbocycles. The van der Waals surface area contributed by atoms with Crippen LogP contribution in [-0.4, -0.2) is 22.1 Å². The summed E-state index contributed by atoms with van der Waals surface area (Å²) < 4.78 is 2.53. The van der Waals surface area contributed by atoms with E-state index in [0.717, 1.165) is 6.54 Å². The van der Waals surface area contributed by atoms with E-state index in [9.17, 15) is 0 Å². The molecular formula is C16H27N3. The second-order valence-corrected chi connectivity index (χ2v) is 6.16. The Kier molecular flexibility index (Phi) is 4.21. The quantitative estimate of drug-likeness (QED) is 0.901. The van der Waals surface area contributed by atoms with Crippen LogP contribution in [0.1, 0.15) is 69.3 Å². The number of nitrogens with zero attached hydrogens (tertiary/aromatic N) is 2. The van der Waals surface area contributed by atoms with Gasteiger partial charge in [-0.1, -0.05) is 19.8 Å². The second kappa shape index (κ2) is 6.08. The van der Waals surface area contributed by atoms with Crippen LogP contribution in [-0.2, 0) is 12.8 Å². The van der Waals surface area contributed by atoms with E-state index in [0.29, 0.717) is 12.1 Å². The summed E-state index contributed by atoms with van der Waals surface area (Å²) in [4.78, 5) is 4.68. The zero-order valence-electron chi connectivity index (χ0n) is 12.2. The molecule has 1 N–H and O–H groups in total. The molecule has 1 heterocycles. The summed E-state index contributed by atoms with van der Waals surface area (Å²) in [5.41, 5.74) is 2.92. The lowest BCUT2D eigenvalue weighted by atomic mass is 9.89. The largest absolute Gasteiger partial charge is 0.330 e. The van der Waals surface area contributed by atoms with Crippen LogP contribution in [0.25, 0.3) is 0 Å². The zero-order chi connectivity index (χ0) is 13.1. The van der Waals surface area contributed by atoms with Crippen molar-refractivity contribution in [1.82, 2.24) is 14.9 Å². The Morgan fingerprint density at radius 2 is 2.05 bits per heavy atom. The predicted molar refractivity (Wildman–Crippen MR) is 78.5 cm³/mol. The molecule has 0 bridgehead atoms. The van der Waals surface area contributed by atoms with Crippen LogP contribution in [0, 0.1) is 0 Å². The summed E-state index contributed by atoms with van der Waals surface area (Å²) in [6.45, 7) is 3.40. The van der Waals surface area contributed by atoms with Gasteiger partial charge in [0.15, 0.2) is 0 Å². The smallest absolute Gasteiger partial charge is 0.0954 e. The molecule has 0 aliphatic heterocycles. The molecule has 0 amide bonds. The fourth-order valence-electron chi connectivity index (χ4n) is 3.79. The molecular weight excluding hydrogens is 234 g/mol. The number of aryl methyl sites for hydroxylation is 1. The van der Waals surface area contributed by atoms with Gasteiger partial charge in [-0.3, -0.25) is 0 Å². The van der Waals surface area contributed by atoms with Crippen LogP contribution >= 0.6 is 0 Å². The highest BCUT2D eigenvalue weighted by atomic mass is 15.1. The summed E-state index contributed by atoms with van der Waals surface area (Å²) >= 11 is 0. The van der Waals surface area contributed by atoms with E-state index in [-0.39, 0.29) is 0 Å². The first-order chi connectivity index (χ1) is 9.40. The van der Waals surface area contributed by atoms with E-state index in [4.69, 9.17) is 0 Å². The van der Waals surface area contributed by atoms with Gasteiger partial charge in [-0.2, -0.15) is 0 Å². The van der Waals surface area contributed by atoms with Crippen molar-refractivity contribution < 1.29 is 0 Å². The van der Waals surface area contributed by atoms with Gasteiger partial charge in [-0.05, 0) is 51.5 Å². The first-order valence-corrected chi connectivity index (χ1v) is 8.18. The maximum atomic E-state index is 4.68. The van der Waals surface area contributed by atoms with E-state index in [1.807, 2.05) is 0 Å². The van der Waals surface area contributed by atoms with Crippen molar-refractivity contribution in [2.45, 2.75) is 76.8 Å². The molecule has 3 heteroatoms. The van der Waals surface area contributed by atoms with Crippen molar-refractivity contribution >= 4 is 0 Å². The molecule has 2 aliphatic rings. The van der Waals surface area contributed by atoms with E-state index in [1.165, 1.54) is 63.5 Å². The number of aromatic nitrogens is 2. The third-order valence-corrected chi connectivity index (χ3v) is 4.80. The molecule has 0 saturated heterocycles. The number of rotatable bonds is 4. The standard InChI is InChI=1S/C16H27N3/c1-2-11-17-13-7-3-5-9-15(13)19-12-18-14-8-4-6-10-16(14)19/h12-13,15,17H,2-11H2,1H3. The first kappa shape index (κ1) is 13.2. The highest BCUT2D eigenvalue weighted by molar-refractivity contribution is 5.18. The molecule has 19 heavy (non-hydrogen) atoms. The van der Waals surface area contributed by atoms with Crippen molar-refractivity contribution in [3.63, 3.8) is 0 Å². The van der Waals surface area contributed by atoms with Crippen molar-refractivity contribution in [1.29, 1.82) is 0 Å². The van der Waals surface area contributed by atoms with Crippen LogP contribution in [0.4, 0.5) is 0 Å². The van der Waals surface area contributed by atoms with Gasteiger partial charge in [0.2, 0.25) is 0 Å². The molecule has 1 fully saturated rings. The van der Waals surface area contributed by atoms with Gasteiger partial charge in [-0.25, -0.2) is 4.98 Å². The third-order valence-electron chi connectivity index (χ3n) is 4.80. The van der Waals surface area contributed by atoms with Crippen molar-refractivity contribution in [2.24, 2.45) is 0 Å². The monoisotopic (exact) mass is 261 g/mol. The molecule has 1 saturated carbocycles. The topological polar surface area (TPSA) is 29.9 Å². The Balaban J connectivity index is 1.80. The second-order valence-electron chi connectivity index (χ2n) is 6.16. The van der Waals surface area contributed by atoms with Gasteiger partial charge >= 0.3 is 0 Å². The first-order valence-electron chi connectivity index (χ1n) is 8.18. The number of nitrogens with one attached hydrogen (secondary N) is 1. The van der Waals surface area contributed by atoms with Gasteiger partial charge in [0, 0.05) is 11.7 Å². The summed E-state index contributed by atoms with van der Waals surface area (Å²) in [5.74, 6) is 0. The number of hydrogen-bond acceptors (Lipinski definition) is 2. The van der Waals surface area contributed by atoms with Gasteiger partial charge in [0.05, 0.1) is 18.1 Å². The average molecular weight is 261 g/mol. The molecule has 1 aromatic rings. The van der Waals surface area contributed by atoms with E-state index in [1.54, 1.807) is 5.69 Å². The fourth-order valence-corrected chi connectivity index (χ4v) is 3.79. The van der Waals surface area contributed by atoms with Crippen LogP contribution < -0.4 is 5.32 Å². The lowest BCUT2D eigenvalue weighted by molar-refractivity contribution is 0.258. The Morgan fingerprint density at radius 1 is 1.21 bits per heavy atom. The molecule has 1 aromatic heterocycles. The highest BCUT2D eigenvalue weighted by Crippen LogP contribution is 2.32. The molecule has 0 spiro atoms. The average Bonchev–Trinajstić information content (AvgIpc) is 2.89. The molecule has 2 unspecified atom stereocenters. The highest BCUT2D eigenvalue weighted by Gasteiger charge is 2.28. The minimum absolute atomic E-state index is 0.648. The third kappa shape index (κ3) is 2.71. The van der Waals surface area contributed by atoms with Crippen molar-refractivity contribution in [3.8, 4) is 0 Å². The van der Waals surface area contributed by atoms with Gasteiger partial charge in [-0.15, -0.1) is 0 Å². The minimum Gasteiger partial charge on any atom is -0.330 e. The summed E-state index contributed by atoms with van der Waals surface area (Å²) in [5, 5.41) is 3.77. The summed E-state index contributed by atoms with van der Waals surface area (Å²) in [6.07, 6.45) is 13.9. The van der Waals surface area contributed by atoms with Crippen LogP contribution in [0.15, 0.2) is 6.33 Å². The zero-order valence-corrected chi connectivity index (χ0v) is 12.2. The normalized spacial score (nSPS) is 27.2. The molecule has 0 radical (unpaired) electrons. The van der Waals surface area contributed by atoms with E-state index >= 15 is 0 Å². The molecule has 2 aliphatic carbocycles. The lowest BCUT2D eigenvalue weighted by Gasteiger charge is -2.34. The Bertz CT molecular complexity index is 410. The molecule has 3 rings (SSSR count). The summed E-state index contributed by atoms with van der Waals surface area (Å²) in [7, 11) is 0. The minimum atomic E-state index is 0.648. The molecule has 2 atom stereocenters. The Labute approximate surface area is 116 Å². The maximum absolute atomic E-state index is 4.68. The van der Waals surface area contributed by atoms with Gasteiger partial charge < -0.3 is 9.88 Å². The van der Waals surface area contributed by atoms with E-state index in [2.05, 4.69) is 28.1 Å². The van der Waals surface area contributed by atoms with Crippen molar-refractivity contribution in [2.75, 3.05) is 6.54 Å². The molecule has 106 valence electrons. The maximum Gasteiger partial charge on any atom is 0.0954 e. The summed E-state index contributed by atoms with van der Waals surface area (Å²) in [6, 6.07) is 1.31. The van der Waals surface area contributed by atoms with Crippen molar-refractivity contribution in [3.05, 3.63) is 17.7 Å². The Hall–Kier alpha value is -0.830. The van der Waals surface area contributed by atoms with Crippen LogP contribution in [0.2, 0.25) is 0 Å². The number of imidazole rings is 1. The SMILES string of the molecule is CCCNC1CCCCC1n1cnc2c1CCCC2. The van der Waals surface area contributed by atoms with Gasteiger partial charge in [0.1, 0.15) is 0 Å². The lowest BCUT2D eigenvalue weighted by Crippen LogP contribution is -2.40. The van der Waals surface area contributed by atoms with Crippen LogP contribution in [0.3, 0.4) is 0 Å². The number of fused-ring (bicyclic) bond motifs is 1. The molecule has 3 nitrogen and oxygen atoms in total. The Morgan fingerprint density at radius 3 is 2.95 bits per heavy atom. The number of hydrogen-bond donors (Lipinski definition) is 1.